The van der Waals surface area contributed by atoms with Crippen molar-refractivity contribution in [2.24, 2.45) is 5.92 Å². The summed E-state index contributed by atoms with van der Waals surface area (Å²) in [4.78, 5) is 7.41. The molecule has 0 saturated heterocycles. The molecule has 1 aromatic carbocycles. The molecule has 1 aliphatic carbocycles. The van der Waals surface area contributed by atoms with Crippen molar-refractivity contribution in [3.8, 4) is 5.75 Å². The molecule has 1 aromatic heterocycles. The van der Waals surface area contributed by atoms with Gasteiger partial charge in [0.25, 0.3) is 0 Å². The monoisotopic (exact) mass is 290 g/mol. The number of nitrogens with zero attached hydrogens (tertiary/aromatic N) is 1. The van der Waals surface area contributed by atoms with Crippen LogP contribution in [0, 0.1) is 5.92 Å². The lowest BCUT2D eigenvalue weighted by Gasteiger charge is -2.16. The minimum Gasteiger partial charge on any atom is -0.493 e. The van der Waals surface area contributed by atoms with Gasteiger partial charge < -0.3 is 9.72 Å². The standard InChI is InChI=1S/C13H11BrN2O/c14-7-1-2-11-8(3-7)12-9(5-17-11)13(12)10-4-15-6-16-10/h1-4,6,9,12-13H,5H2,(H,15,16)/t9-,12+,13?/m0/s1. The van der Waals surface area contributed by atoms with Crippen LogP contribution in [0.5, 0.6) is 5.75 Å². The van der Waals surface area contributed by atoms with Crippen molar-refractivity contribution < 1.29 is 4.74 Å². The fourth-order valence-corrected chi connectivity index (χ4v) is 3.34. The summed E-state index contributed by atoms with van der Waals surface area (Å²) in [6.45, 7) is 0.816. The number of imidazole rings is 1. The highest BCUT2D eigenvalue weighted by atomic mass is 79.9. The molecule has 3 atom stereocenters. The molecule has 1 aliphatic heterocycles. The highest BCUT2D eigenvalue weighted by Gasteiger charge is 2.56. The molecule has 1 saturated carbocycles. The Balaban J connectivity index is 1.76. The van der Waals surface area contributed by atoms with Gasteiger partial charge in [-0.05, 0) is 23.8 Å². The number of ether oxygens (including phenoxy) is 1. The quantitative estimate of drug-likeness (QED) is 0.877. The first-order chi connectivity index (χ1) is 8.34. The highest BCUT2D eigenvalue weighted by molar-refractivity contribution is 9.10. The molecule has 0 bridgehead atoms. The smallest absolute Gasteiger partial charge is 0.122 e. The maximum absolute atomic E-state index is 5.80. The molecule has 2 heterocycles. The molecule has 17 heavy (non-hydrogen) atoms. The molecule has 3 nitrogen and oxygen atoms in total. The fourth-order valence-electron chi connectivity index (χ4n) is 2.96. The average molecular weight is 291 g/mol. The van der Waals surface area contributed by atoms with Crippen LogP contribution in [-0.4, -0.2) is 16.6 Å². The van der Waals surface area contributed by atoms with Gasteiger partial charge in [0.05, 0.1) is 18.6 Å². The van der Waals surface area contributed by atoms with Crippen LogP contribution in [0.2, 0.25) is 0 Å². The number of hydrogen-bond donors (Lipinski definition) is 1. The van der Waals surface area contributed by atoms with Crippen molar-refractivity contribution in [1.29, 1.82) is 0 Å². The summed E-state index contributed by atoms with van der Waals surface area (Å²) in [5.74, 6) is 2.74. The number of halogens is 1. The van der Waals surface area contributed by atoms with Crippen LogP contribution in [0.3, 0.4) is 0 Å². The lowest BCUT2D eigenvalue weighted by atomic mass is 10.1. The summed E-state index contributed by atoms with van der Waals surface area (Å²) in [5.41, 5.74) is 2.49. The van der Waals surface area contributed by atoms with Gasteiger partial charge in [0.15, 0.2) is 0 Å². The number of nitrogens with one attached hydrogen (secondary N) is 1. The number of aromatic amines is 1. The first-order valence-electron chi connectivity index (χ1n) is 5.75. The second kappa shape index (κ2) is 3.35. The maximum atomic E-state index is 5.80. The molecule has 86 valence electrons. The summed E-state index contributed by atoms with van der Waals surface area (Å²) in [7, 11) is 0. The van der Waals surface area contributed by atoms with Crippen LogP contribution in [0.4, 0.5) is 0 Å². The van der Waals surface area contributed by atoms with E-state index in [0.29, 0.717) is 17.8 Å². The number of rotatable bonds is 1. The molecular formula is C13H11BrN2O. The van der Waals surface area contributed by atoms with Gasteiger partial charge in [-0.1, -0.05) is 15.9 Å². The van der Waals surface area contributed by atoms with E-state index in [1.807, 2.05) is 12.3 Å². The topological polar surface area (TPSA) is 37.9 Å². The van der Waals surface area contributed by atoms with Crippen LogP contribution in [0.15, 0.2) is 35.2 Å². The first kappa shape index (κ1) is 9.71. The van der Waals surface area contributed by atoms with Crippen molar-refractivity contribution in [3.63, 3.8) is 0 Å². The Morgan fingerprint density at radius 1 is 1.35 bits per heavy atom. The SMILES string of the molecule is Brc1ccc2c(c1)[C@H]1C(c3c[nH]cn3)[C@H]1CO2. The molecule has 2 aliphatic rings. The van der Waals surface area contributed by atoms with Crippen molar-refractivity contribution >= 4 is 15.9 Å². The predicted molar refractivity (Wildman–Crippen MR) is 67.2 cm³/mol. The summed E-state index contributed by atoms with van der Waals surface area (Å²) in [6, 6.07) is 6.26. The van der Waals surface area contributed by atoms with E-state index in [2.05, 4.69) is 38.0 Å². The predicted octanol–water partition coefficient (Wildman–Crippen LogP) is 3.06. The fraction of sp³-hybridized carbons (Fsp3) is 0.308. The molecule has 4 rings (SSSR count). The molecule has 0 radical (unpaired) electrons. The molecule has 1 fully saturated rings. The Kier molecular flexibility index (Phi) is 1.92. The normalized spacial score (nSPS) is 29.1. The highest BCUT2D eigenvalue weighted by Crippen LogP contribution is 2.63. The van der Waals surface area contributed by atoms with Crippen LogP contribution < -0.4 is 4.74 Å². The molecule has 2 aromatic rings. The van der Waals surface area contributed by atoms with Gasteiger partial charge in [0.2, 0.25) is 0 Å². The third-order valence-corrected chi connectivity index (χ3v) is 4.28. The van der Waals surface area contributed by atoms with Gasteiger partial charge in [-0.2, -0.15) is 0 Å². The van der Waals surface area contributed by atoms with E-state index >= 15 is 0 Å². The summed E-state index contributed by atoms with van der Waals surface area (Å²) in [6.07, 6.45) is 3.75. The Morgan fingerprint density at radius 2 is 2.29 bits per heavy atom. The molecule has 0 spiro atoms. The van der Waals surface area contributed by atoms with Gasteiger partial charge >= 0.3 is 0 Å². The number of aromatic nitrogens is 2. The van der Waals surface area contributed by atoms with Crippen molar-refractivity contribution in [1.82, 2.24) is 9.97 Å². The lowest BCUT2D eigenvalue weighted by Crippen LogP contribution is -2.08. The van der Waals surface area contributed by atoms with Crippen LogP contribution in [0.25, 0.3) is 0 Å². The molecule has 1 N–H and O–H groups in total. The zero-order chi connectivity index (χ0) is 11.4. The second-order valence-corrected chi connectivity index (χ2v) is 5.62. The van der Waals surface area contributed by atoms with E-state index in [4.69, 9.17) is 4.74 Å². The van der Waals surface area contributed by atoms with E-state index in [1.54, 1.807) is 6.33 Å². The minimum atomic E-state index is 0.525. The van der Waals surface area contributed by atoms with E-state index in [9.17, 15) is 0 Å². The molecule has 1 unspecified atom stereocenters. The Morgan fingerprint density at radius 3 is 3.12 bits per heavy atom. The van der Waals surface area contributed by atoms with Gasteiger partial charge in [-0.15, -0.1) is 0 Å². The third-order valence-electron chi connectivity index (χ3n) is 3.79. The molecule has 0 amide bonds. The maximum Gasteiger partial charge on any atom is 0.122 e. The summed E-state index contributed by atoms with van der Waals surface area (Å²) >= 11 is 3.53. The van der Waals surface area contributed by atoms with E-state index in [0.717, 1.165) is 22.5 Å². The number of H-pyrrole nitrogens is 1. The van der Waals surface area contributed by atoms with Crippen molar-refractivity contribution in [2.75, 3.05) is 6.61 Å². The van der Waals surface area contributed by atoms with E-state index < -0.39 is 0 Å². The zero-order valence-electron chi connectivity index (χ0n) is 9.06. The van der Waals surface area contributed by atoms with Crippen LogP contribution in [0.1, 0.15) is 23.1 Å². The number of benzene rings is 1. The third kappa shape index (κ3) is 1.37. The van der Waals surface area contributed by atoms with Gasteiger partial charge in [-0.3, -0.25) is 0 Å². The number of fused-ring (bicyclic) bond motifs is 3. The van der Waals surface area contributed by atoms with Crippen LogP contribution in [-0.2, 0) is 0 Å². The summed E-state index contributed by atoms with van der Waals surface area (Å²) < 4.78 is 6.92. The first-order valence-corrected chi connectivity index (χ1v) is 6.55. The summed E-state index contributed by atoms with van der Waals surface area (Å²) in [5, 5.41) is 0. The average Bonchev–Trinajstić information content (AvgIpc) is 2.83. The lowest BCUT2D eigenvalue weighted by molar-refractivity contribution is 0.277. The van der Waals surface area contributed by atoms with Gasteiger partial charge in [0, 0.05) is 28.4 Å². The van der Waals surface area contributed by atoms with Crippen LogP contribution >= 0.6 is 15.9 Å². The molecular weight excluding hydrogens is 280 g/mol. The zero-order valence-corrected chi connectivity index (χ0v) is 10.6. The Labute approximate surface area is 107 Å². The van der Waals surface area contributed by atoms with E-state index in [1.165, 1.54) is 5.56 Å². The largest absolute Gasteiger partial charge is 0.493 e. The molecule has 4 heteroatoms. The van der Waals surface area contributed by atoms with Gasteiger partial charge in [-0.25, -0.2) is 4.98 Å². The van der Waals surface area contributed by atoms with Gasteiger partial charge in [0.1, 0.15) is 5.75 Å². The second-order valence-electron chi connectivity index (χ2n) is 4.70. The number of hydrogen-bond acceptors (Lipinski definition) is 2. The van der Waals surface area contributed by atoms with Crippen molar-refractivity contribution in [2.45, 2.75) is 11.8 Å². The Bertz CT molecular complexity index is 567. The Hall–Kier alpha value is -1.29. The van der Waals surface area contributed by atoms with E-state index in [-0.39, 0.29) is 0 Å². The minimum absolute atomic E-state index is 0.525. The van der Waals surface area contributed by atoms with Crippen molar-refractivity contribution in [3.05, 3.63) is 46.5 Å².